The molecule has 4 heteroatoms. The molecule has 1 aromatic heterocycles. The maximum absolute atomic E-state index is 11.9. The van der Waals surface area contributed by atoms with Gasteiger partial charge in [-0.05, 0) is 19.1 Å². The molecule has 2 N–H and O–H groups in total. The van der Waals surface area contributed by atoms with Gasteiger partial charge in [0.15, 0.2) is 0 Å². The molecule has 0 saturated carbocycles. The van der Waals surface area contributed by atoms with E-state index in [0.29, 0.717) is 5.57 Å². The van der Waals surface area contributed by atoms with Gasteiger partial charge in [-0.15, -0.1) is 0 Å². The van der Waals surface area contributed by atoms with Crippen molar-refractivity contribution in [2.45, 2.75) is 6.92 Å². The number of fused-ring (bicyclic) bond motifs is 1. The maximum atomic E-state index is 11.9. The fourth-order valence-electron chi connectivity index (χ4n) is 1.94. The second-order valence-electron chi connectivity index (χ2n) is 4.01. The number of aryl methyl sites for hydroxylation is 1. The molecule has 3 rings (SSSR count). The number of carbonyl (C=O) groups excluding carboxylic acids is 1. The third-order valence-corrected chi connectivity index (χ3v) is 2.88. The van der Waals surface area contributed by atoms with Crippen LogP contribution in [0.15, 0.2) is 30.5 Å². The minimum absolute atomic E-state index is 0.0631. The van der Waals surface area contributed by atoms with E-state index in [9.17, 15) is 4.79 Å². The summed E-state index contributed by atoms with van der Waals surface area (Å²) >= 11 is 0. The van der Waals surface area contributed by atoms with Crippen LogP contribution in [-0.2, 0) is 4.79 Å². The highest BCUT2D eigenvalue weighted by atomic mass is 16.2. The Balaban J connectivity index is 2.13. The van der Waals surface area contributed by atoms with Gasteiger partial charge < -0.3 is 5.32 Å². The molecule has 4 nitrogen and oxygen atoms in total. The van der Waals surface area contributed by atoms with Crippen LogP contribution in [0.4, 0.5) is 5.69 Å². The molecule has 1 aliphatic heterocycles. The molecule has 2 aromatic rings. The number of nitrogens with zero attached hydrogens (tertiary/aromatic N) is 1. The van der Waals surface area contributed by atoms with Crippen molar-refractivity contribution in [3.63, 3.8) is 0 Å². The first-order valence-corrected chi connectivity index (χ1v) is 5.38. The molecule has 0 spiro atoms. The van der Waals surface area contributed by atoms with Crippen LogP contribution in [0.2, 0.25) is 0 Å². The Morgan fingerprint density at radius 1 is 1.29 bits per heavy atom. The number of amides is 1. The van der Waals surface area contributed by atoms with Crippen LogP contribution in [0.5, 0.6) is 0 Å². The van der Waals surface area contributed by atoms with Crippen molar-refractivity contribution in [2.75, 3.05) is 5.32 Å². The Labute approximate surface area is 98.4 Å². The number of aromatic nitrogens is 2. The topological polar surface area (TPSA) is 57.8 Å². The highest BCUT2D eigenvalue weighted by Crippen LogP contribution is 2.32. The number of H-pyrrole nitrogens is 1. The van der Waals surface area contributed by atoms with Crippen LogP contribution in [0.3, 0.4) is 0 Å². The Morgan fingerprint density at radius 2 is 2.12 bits per heavy atom. The lowest BCUT2D eigenvalue weighted by atomic mass is 10.0. The van der Waals surface area contributed by atoms with Gasteiger partial charge in [-0.1, -0.05) is 18.2 Å². The Bertz CT molecular complexity index is 625. The van der Waals surface area contributed by atoms with Gasteiger partial charge in [-0.2, -0.15) is 5.10 Å². The number of benzene rings is 1. The summed E-state index contributed by atoms with van der Waals surface area (Å²) in [6.45, 7) is 1.93. The fraction of sp³-hybridized carbons (Fsp3) is 0.0769. The quantitative estimate of drug-likeness (QED) is 0.731. The lowest BCUT2D eigenvalue weighted by Crippen LogP contribution is -2.03. The van der Waals surface area contributed by atoms with Crippen LogP contribution in [0.1, 0.15) is 16.8 Å². The Hall–Kier alpha value is -2.36. The summed E-state index contributed by atoms with van der Waals surface area (Å²) in [7, 11) is 0. The Kier molecular flexibility index (Phi) is 2.08. The summed E-state index contributed by atoms with van der Waals surface area (Å²) in [5, 5.41) is 9.64. The van der Waals surface area contributed by atoms with E-state index in [1.54, 1.807) is 6.20 Å². The highest BCUT2D eigenvalue weighted by molar-refractivity contribution is 6.34. The molecule has 0 atom stereocenters. The largest absolute Gasteiger partial charge is 0.321 e. The van der Waals surface area contributed by atoms with E-state index in [1.807, 2.05) is 37.3 Å². The van der Waals surface area contributed by atoms with E-state index in [4.69, 9.17) is 0 Å². The van der Waals surface area contributed by atoms with Gasteiger partial charge in [0.1, 0.15) is 0 Å². The average molecular weight is 225 g/mol. The zero-order valence-electron chi connectivity index (χ0n) is 9.32. The first-order chi connectivity index (χ1) is 8.25. The number of rotatable bonds is 1. The van der Waals surface area contributed by atoms with Crippen molar-refractivity contribution < 1.29 is 4.79 Å². The number of anilines is 1. The van der Waals surface area contributed by atoms with E-state index < -0.39 is 0 Å². The molecular formula is C13H11N3O. The third-order valence-electron chi connectivity index (χ3n) is 2.88. The number of hydrogen-bond donors (Lipinski definition) is 2. The molecule has 17 heavy (non-hydrogen) atoms. The van der Waals surface area contributed by atoms with E-state index in [1.165, 1.54) is 0 Å². The molecule has 0 bridgehead atoms. The zero-order chi connectivity index (χ0) is 11.8. The summed E-state index contributed by atoms with van der Waals surface area (Å²) in [6.07, 6.45) is 3.58. The van der Waals surface area contributed by atoms with Crippen molar-refractivity contribution in [3.05, 3.63) is 47.3 Å². The lowest BCUT2D eigenvalue weighted by molar-refractivity contribution is -0.110. The molecule has 0 fully saturated rings. The van der Waals surface area contributed by atoms with Crippen LogP contribution in [0.25, 0.3) is 11.6 Å². The molecule has 1 aliphatic rings. The first-order valence-electron chi connectivity index (χ1n) is 5.38. The number of para-hydroxylation sites is 1. The summed E-state index contributed by atoms with van der Waals surface area (Å²) < 4.78 is 0. The number of aromatic amines is 1. The number of hydrogen-bond acceptors (Lipinski definition) is 2. The molecule has 0 saturated heterocycles. The SMILES string of the molecule is Cc1[nH]ncc1/C=C1/C(=O)Nc2ccccc21. The molecule has 1 amide bonds. The average Bonchev–Trinajstić information content (AvgIpc) is 2.85. The molecule has 84 valence electrons. The minimum Gasteiger partial charge on any atom is -0.321 e. The van der Waals surface area contributed by atoms with Gasteiger partial charge in [0.2, 0.25) is 0 Å². The van der Waals surface area contributed by atoms with Gasteiger partial charge in [-0.25, -0.2) is 0 Å². The van der Waals surface area contributed by atoms with Crippen molar-refractivity contribution in [3.8, 4) is 0 Å². The van der Waals surface area contributed by atoms with Crippen LogP contribution < -0.4 is 5.32 Å². The molecule has 1 aromatic carbocycles. The first kappa shape index (κ1) is 9.84. The van der Waals surface area contributed by atoms with E-state index in [0.717, 1.165) is 22.5 Å². The number of nitrogens with one attached hydrogen (secondary N) is 2. The summed E-state index contributed by atoms with van der Waals surface area (Å²) in [5.74, 6) is -0.0631. The molecular weight excluding hydrogens is 214 g/mol. The summed E-state index contributed by atoms with van der Waals surface area (Å²) in [4.78, 5) is 11.9. The predicted octanol–water partition coefficient (Wildman–Crippen LogP) is 2.21. The van der Waals surface area contributed by atoms with Crippen LogP contribution in [0, 0.1) is 6.92 Å². The monoisotopic (exact) mass is 225 g/mol. The molecule has 0 aliphatic carbocycles. The lowest BCUT2D eigenvalue weighted by Gasteiger charge is -1.96. The third kappa shape index (κ3) is 1.54. The normalized spacial score (nSPS) is 16.1. The zero-order valence-corrected chi connectivity index (χ0v) is 9.32. The smallest absolute Gasteiger partial charge is 0.256 e. The standard InChI is InChI=1S/C13H11N3O/c1-8-9(7-14-16-8)6-11-10-4-2-3-5-12(10)15-13(11)17/h2-7H,1H3,(H,14,16)(H,15,17)/b11-6+. The fourth-order valence-corrected chi connectivity index (χ4v) is 1.94. The second-order valence-corrected chi connectivity index (χ2v) is 4.01. The molecule has 2 heterocycles. The van der Waals surface area contributed by atoms with Crippen molar-refractivity contribution >= 4 is 23.2 Å². The maximum Gasteiger partial charge on any atom is 0.256 e. The van der Waals surface area contributed by atoms with Gasteiger partial charge >= 0.3 is 0 Å². The van der Waals surface area contributed by atoms with Crippen molar-refractivity contribution in [2.24, 2.45) is 0 Å². The van der Waals surface area contributed by atoms with Crippen molar-refractivity contribution in [1.82, 2.24) is 10.2 Å². The van der Waals surface area contributed by atoms with Crippen LogP contribution in [-0.4, -0.2) is 16.1 Å². The van der Waals surface area contributed by atoms with Crippen LogP contribution >= 0.6 is 0 Å². The Morgan fingerprint density at radius 3 is 2.88 bits per heavy atom. The summed E-state index contributed by atoms with van der Waals surface area (Å²) in [5.41, 5.74) is 4.38. The molecule has 0 radical (unpaired) electrons. The predicted molar refractivity (Wildman–Crippen MR) is 66.3 cm³/mol. The molecule has 0 unspecified atom stereocenters. The minimum atomic E-state index is -0.0631. The van der Waals surface area contributed by atoms with E-state index in [2.05, 4.69) is 15.5 Å². The number of carbonyl (C=O) groups is 1. The second kappa shape index (κ2) is 3.59. The van der Waals surface area contributed by atoms with Crippen molar-refractivity contribution in [1.29, 1.82) is 0 Å². The van der Waals surface area contributed by atoms with E-state index >= 15 is 0 Å². The van der Waals surface area contributed by atoms with Gasteiger partial charge in [0, 0.05) is 28.1 Å². The highest BCUT2D eigenvalue weighted by Gasteiger charge is 2.23. The van der Waals surface area contributed by atoms with Gasteiger partial charge in [0.25, 0.3) is 5.91 Å². The van der Waals surface area contributed by atoms with Gasteiger partial charge in [-0.3, -0.25) is 9.89 Å². The van der Waals surface area contributed by atoms with Gasteiger partial charge in [0.05, 0.1) is 6.20 Å². The summed E-state index contributed by atoms with van der Waals surface area (Å²) in [6, 6.07) is 7.67. The van der Waals surface area contributed by atoms with E-state index in [-0.39, 0.29) is 5.91 Å².